The molecule has 0 saturated carbocycles. The van der Waals surface area contributed by atoms with Gasteiger partial charge in [0.2, 0.25) is 11.8 Å². The van der Waals surface area contributed by atoms with Gasteiger partial charge in [0.25, 0.3) is 12.1 Å². The van der Waals surface area contributed by atoms with Gasteiger partial charge in [0.1, 0.15) is 23.8 Å². The molecular formula is C28H32N4O6. The fourth-order valence-electron chi connectivity index (χ4n) is 3.62. The van der Waals surface area contributed by atoms with Gasteiger partial charge in [0, 0.05) is 38.0 Å². The van der Waals surface area contributed by atoms with Crippen LogP contribution in [0, 0.1) is 0 Å². The highest BCUT2D eigenvalue weighted by Gasteiger charge is 2.36. The second-order valence-corrected chi connectivity index (χ2v) is 8.27. The maximum Gasteiger partial charge on any atom is 0.289 e. The van der Waals surface area contributed by atoms with Crippen molar-refractivity contribution in [3.8, 4) is 17.2 Å². The number of benzene rings is 3. The van der Waals surface area contributed by atoms with Crippen molar-refractivity contribution in [3.05, 3.63) is 78.9 Å². The maximum absolute atomic E-state index is 13.9. The first-order valence-electron chi connectivity index (χ1n) is 11.8. The summed E-state index contributed by atoms with van der Waals surface area (Å²) in [5.74, 6) is -0.408. The van der Waals surface area contributed by atoms with Gasteiger partial charge in [-0.15, -0.1) is 0 Å². The van der Waals surface area contributed by atoms with E-state index in [1.54, 1.807) is 79.8 Å². The van der Waals surface area contributed by atoms with Crippen molar-refractivity contribution in [2.24, 2.45) is 5.73 Å². The third-order valence-corrected chi connectivity index (χ3v) is 5.86. The molecule has 200 valence electrons. The first kappa shape index (κ1) is 28.0. The number of anilines is 2. The van der Waals surface area contributed by atoms with Crippen LogP contribution >= 0.6 is 0 Å². The number of hydrogen-bond donors (Lipinski definition) is 1. The minimum Gasteiger partial charge on any atom is -0.497 e. The summed E-state index contributed by atoms with van der Waals surface area (Å²) in [7, 11) is 6.11. The summed E-state index contributed by atoms with van der Waals surface area (Å²) < 4.78 is 16.7. The smallest absolute Gasteiger partial charge is 0.289 e. The largest absolute Gasteiger partial charge is 0.497 e. The zero-order valence-electron chi connectivity index (χ0n) is 21.9. The Balaban J connectivity index is 1.99. The number of para-hydroxylation sites is 2. The van der Waals surface area contributed by atoms with Crippen molar-refractivity contribution in [1.82, 2.24) is 4.90 Å². The molecule has 0 aliphatic rings. The van der Waals surface area contributed by atoms with Gasteiger partial charge in [-0.05, 0) is 24.3 Å². The van der Waals surface area contributed by atoms with E-state index >= 15 is 0 Å². The predicted molar refractivity (Wildman–Crippen MR) is 144 cm³/mol. The van der Waals surface area contributed by atoms with Gasteiger partial charge < -0.3 is 29.7 Å². The molecule has 0 spiro atoms. The first-order chi connectivity index (χ1) is 18.3. The van der Waals surface area contributed by atoms with E-state index in [-0.39, 0.29) is 0 Å². The molecule has 0 radical (unpaired) electrons. The number of nitrogens with two attached hydrogens (primary N) is 1. The lowest BCUT2D eigenvalue weighted by Crippen LogP contribution is -2.57. The van der Waals surface area contributed by atoms with Crippen LogP contribution in [0.2, 0.25) is 0 Å². The lowest BCUT2D eigenvalue weighted by molar-refractivity contribution is -0.150. The molecule has 10 nitrogen and oxygen atoms in total. The molecule has 0 fully saturated rings. The molecule has 1 unspecified atom stereocenters. The number of likely N-dealkylation sites (N-methyl/N-ethyl adjacent to an activating group) is 2. The van der Waals surface area contributed by atoms with Crippen molar-refractivity contribution in [2.45, 2.75) is 6.23 Å². The van der Waals surface area contributed by atoms with Gasteiger partial charge in [-0.1, -0.05) is 36.4 Å². The summed E-state index contributed by atoms with van der Waals surface area (Å²) in [5, 5.41) is 0. The van der Waals surface area contributed by atoms with Crippen molar-refractivity contribution in [1.29, 1.82) is 0 Å². The van der Waals surface area contributed by atoms with Gasteiger partial charge in [-0.2, -0.15) is 0 Å². The van der Waals surface area contributed by atoms with E-state index in [4.69, 9.17) is 19.9 Å². The lowest BCUT2D eigenvalue weighted by Gasteiger charge is -2.34. The zero-order valence-corrected chi connectivity index (χ0v) is 21.9. The van der Waals surface area contributed by atoms with E-state index in [9.17, 15) is 14.4 Å². The normalized spacial score (nSPS) is 11.2. The van der Waals surface area contributed by atoms with E-state index in [2.05, 4.69) is 0 Å². The van der Waals surface area contributed by atoms with Crippen molar-refractivity contribution < 1.29 is 28.6 Å². The summed E-state index contributed by atoms with van der Waals surface area (Å²) in [5.41, 5.74) is 6.76. The Morgan fingerprint density at radius 2 is 1.29 bits per heavy atom. The highest BCUT2D eigenvalue weighted by molar-refractivity contribution is 6.01. The third kappa shape index (κ3) is 6.80. The molecule has 3 aromatic carbocycles. The minimum absolute atomic E-state index is 0.334. The molecule has 38 heavy (non-hydrogen) atoms. The van der Waals surface area contributed by atoms with Gasteiger partial charge in [-0.25, -0.2) is 0 Å². The number of amides is 3. The summed E-state index contributed by atoms with van der Waals surface area (Å²) >= 11 is 0. The number of hydrogen-bond acceptors (Lipinski definition) is 7. The van der Waals surface area contributed by atoms with Crippen LogP contribution in [0.1, 0.15) is 0 Å². The number of rotatable bonds is 11. The molecule has 2 N–H and O–H groups in total. The number of nitrogens with zero attached hydrogens (tertiary/aromatic N) is 3. The summed E-state index contributed by atoms with van der Waals surface area (Å²) in [6.07, 6.45) is -1.50. The number of carbonyl (C=O) groups is 3. The monoisotopic (exact) mass is 520 g/mol. The SMILES string of the molecule is COc1cc(OC)cc(N(C)C(=O)C(Oc2ccccc2)N(CC(=O)N(C)c2ccccc2)C(=O)CN)c1. The van der Waals surface area contributed by atoms with E-state index in [0.717, 1.165) is 4.90 Å². The average Bonchev–Trinajstić information content (AvgIpc) is 2.97. The summed E-state index contributed by atoms with van der Waals surface area (Å²) in [6, 6.07) is 22.5. The van der Waals surface area contributed by atoms with Crippen molar-refractivity contribution >= 4 is 29.1 Å². The topological polar surface area (TPSA) is 115 Å². The Labute approximate surface area is 222 Å². The molecule has 0 bridgehead atoms. The Morgan fingerprint density at radius 1 is 0.737 bits per heavy atom. The van der Waals surface area contributed by atoms with Gasteiger partial charge in [0.05, 0.1) is 26.5 Å². The minimum atomic E-state index is -1.50. The molecule has 0 aliphatic carbocycles. The second-order valence-electron chi connectivity index (χ2n) is 8.27. The summed E-state index contributed by atoms with van der Waals surface area (Å²) in [6.45, 7) is -0.874. The Hall–Kier alpha value is -4.57. The fraction of sp³-hybridized carbons (Fsp3) is 0.250. The highest BCUT2D eigenvalue weighted by atomic mass is 16.5. The summed E-state index contributed by atoms with van der Waals surface area (Å²) in [4.78, 5) is 43.9. The van der Waals surface area contributed by atoms with Crippen LogP contribution in [0.4, 0.5) is 11.4 Å². The highest BCUT2D eigenvalue weighted by Crippen LogP contribution is 2.29. The molecule has 10 heteroatoms. The van der Waals surface area contributed by atoms with Gasteiger partial charge >= 0.3 is 0 Å². The predicted octanol–water partition coefficient (Wildman–Crippen LogP) is 2.52. The standard InChI is InChI=1S/C28H32N4O6/c1-30(20-11-7-5-8-12-20)26(34)19-32(25(33)18-29)28(38-22-13-9-6-10-14-22)27(35)31(2)21-15-23(36-3)17-24(16-21)37-4/h5-17,28H,18-19,29H2,1-4H3. The third-order valence-electron chi connectivity index (χ3n) is 5.86. The van der Waals surface area contributed by atoms with E-state index < -0.39 is 37.0 Å². The van der Waals surface area contributed by atoms with Crippen LogP contribution in [0.15, 0.2) is 78.9 Å². The van der Waals surface area contributed by atoms with Crippen molar-refractivity contribution in [3.63, 3.8) is 0 Å². The van der Waals surface area contributed by atoms with E-state index in [0.29, 0.717) is 28.6 Å². The average molecular weight is 521 g/mol. The molecule has 0 aliphatic heterocycles. The lowest BCUT2D eigenvalue weighted by atomic mass is 10.2. The maximum atomic E-state index is 13.9. The molecule has 0 heterocycles. The Morgan fingerprint density at radius 3 is 1.82 bits per heavy atom. The molecule has 3 amide bonds. The van der Waals surface area contributed by atoms with Crippen LogP contribution in [0.25, 0.3) is 0 Å². The first-order valence-corrected chi connectivity index (χ1v) is 11.8. The number of methoxy groups -OCH3 is 2. The quantitative estimate of drug-likeness (QED) is 0.387. The Bertz CT molecular complexity index is 1220. The van der Waals surface area contributed by atoms with Crippen LogP contribution in [-0.4, -0.2) is 70.3 Å². The number of ether oxygens (including phenoxy) is 3. The fourth-order valence-corrected chi connectivity index (χ4v) is 3.62. The van der Waals surface area contributed by atoms with Crippen LogP contribution in [0.5, 0.6) is 17.2 Å². The van der Waals surface area contributed by atoms with Crippen molar-refractivity contribution in [2.75, 3.05) is 51.2 Å². The van der Waals surface area contributed by atoms with E-state index in [1.165, 1.54) is 31.1 Å². The van der Waals surface area contributed by atoms with Crippen LogP contribution < -0.4 is 29.7 Å². The zero-order chi connectivity index (χ0) is 27.7. The second kappa shape index (κ2) is 13.1. The van der Waals surface area contributed by atoms with Crippen LogP contribution in [0.3, 0.4) is 0 Å². The number of carbonyl (C=O) groups excluding carboxylic acids is 3. The molecule has 1 atom stereocenters. The van der Waals surface area contributed by atoms with E-state index in [1.807, 2.05) is 6.07 Å². The van der Waals surface area contributed by atoms with Crippen LogP contribution in [-0.2, 0) is 14.4 Å². The molecule has 3 aromatic rings. The van der Waals surface area contributed by atoms with Gasteiger partial charge in [-0.3, -0.25) is 19.3 Å². The molecular weight excluding hydrogens is 488 g/mol. The van der Waals surface area contributed by atoms with Gasteiger partial charge in [0.15, 0.2) is 0 Å². The molecule has 3 rings (SSSR count). The Kier molecular flexibility index (Phi) is 9.66. The molecule has 0 saturated heterocycles. The molecule has 0 aromatic heterocycles.